The SMILES string of the molecule is Cc1cc[c-]c(-c2cc(CC(C)(C)C)c([Si](C)(C)C)cn2)c1F.Cc1cnc(-c2[c-]cccc2)cc1Cc1ccccc1.[Ir]. The van der Waals surface area contributed by atoms with Crippen molar-refractivity contribution in [2.45, 2.75) is 67.1 Å². The largest absolute Gasteiger partial charge is 0.305 e. The van der Waals surface area contributed by atoms with Crippen LogP contribution in [0.1, 0.15) is 48.6 Å². The number of hydrogen-bond donors (Lipinski definition) is 0. The molecule has 0 atom stereocenters. The van der Waals surface area contributed by atoms with Gasteiger partial charge in [0.25, 0.3) is 0 Å². The van der Waals surface area contributed by atoms with Gasteiger partial charge in [0, 0.05) is 38.3 Å². The summed E-state index contributed by atoms with van der Waals surface area (Å²) in [5, 5.41) is 1.37. The van der Waals surface area contributed by atoms with Gasteiger partial charge in [-0.05, 0) is 58.4 Å². The van der Waals surface area contributed by atoms with Crippen molar-refractivity contribution in [2.24, 2.45) is 5.41 Å². The van der Waals surface area contributed by atoms with E-state index in [2.05, 4.69) is 106 Å². The molecule has 0 aliphatic heterocycles. The van der Waals surface area contributed by atoms with Crippen molar-refractivity contribution >= 4 is 13.3 Å². The summed E-state index contributed by atoms with van der Waals surface area (Å²) in [4.78, 5) is 9.09. The molecule has 0 spiro atoms. The monoisotopic (exact) mass is 779 g/mol. The first-order valence-corrected chi connectivity index (χ1v) is 18.4. The number of halogens is 1. The van der Waals surface area contributed by atoms with Crippen LogP contribution in [0.2, 0.25) is 19.6 Å². The van der Waals surface area contributed by atoms with Gasteiger partial charge in [0.1, 0.15) is 0 Å². The number of aromatic nitrogens is 2. The van der Waals surface area contributed by atoms with Gasteiger partial charge >= 0.3 is 0 Å². The van der Waals surface area contributed by atoms with Crippen molar-refractivity contribution in [3.8, 4) is 22.5 Å². The molecule has 0 amide bonds. The minimum Gasteiger partial charge on any atom is -0.305 e. The Morgan fingerprint density at radius 3 is 2.05 bits per heavy atom. The summed E-state index contributed by atoms with van der Waals surface area (Å²) in [5.41, 5.74) is 9.18. The van der Waals surface area contributed by atoms with Crippen LogP contribution in [0.25, 0.3) is 22.5 Å². The third kappa shape index (κ3) is 9.63. The molecule has 231 valence electrons. The topological polar surface area (TPSA) is 25.8 Å². The minimum absolute atomic E-state index is 0. The van der Waals surface area contributed by atoms with Crippen LogP contribution in [0.5, 0.6) is 0 Å². The molecular weight excluding hydrogens is 736 g/mol. The van der Waals surface area contributed by atoms with E-state index in [1.165, 1.54) is 27.4 Å². The molecule has 5 aromatic rings. The zero-order chi connectivity index (χ0) is 31.2. The minimum atomic E-state index is -1.49. The molecule has 0 unspecified atom stereocenters. The Bertz CT molecular complexity index is 1660. The number of hydrogen-bond acceptors (Lipinski definition) is 2. The fraction of sp³-hybridized carbons (Fsp3) is 0.282. The second-order valence-corrected chi connectivity index (χ2v) is 18.5. The first-order chi connectivity index (χ1) is 20.3. The fourth-order valence-corrected chi connectivity index (χ4v) is 6.64. The van der Waals surface area contributed by atoms with Crippen molar-refractivity contribution in [1.82, 2.24) is 9.97 Å². The Labute approximate surface area is 278 Å². The van der Waals surface area contributed by atoms with Crippen molar-refractivity contribution in [1.29, 1.82) is 0 Å². The van der Waals surface area contributed by atoms with Crippen LogP contribution < -0.4 is 5.19 Å². The second kappa shape index (κ2) is 15.2. The number of pyridine rings is 2. The third-order valence-corrected chi connectivity index (χ3v) is 9.40. The molecule has 2 heterocycles. The molecule has 0 saturated carbocycles. The molecule has 2 nitrogen and oxygen atoms in total. The summed E-state index contributed by atoms with van der Waals surface area (Å²) < 4.78 is 14.4. The number of rotatable bonds is 6. The third-order valence-electron chi connectivity index (χ3n) is 7.34. The Balaban J connectivity index is 0.000000237. The Kier molecular flexibility index (Phi) is 12.1. The van der Waals surface area contributed by atoms with Gasteiger partial charge in [-0.2, -0.15) is 0 Å². The van der Waals surface area contributed by atoms with Gasteiger partial charge in [0.15, 0.2) is 0 Å². The number of benzene rings is 3. The maximum absolute atomic E-state index is 14.4. The van der Waals surface area contributed by atoms with Crippen LogP contribution in [0.3, 0.4) is 0 Å². The molecule has 3 aromatic carbocycles. The van der Waals surface area contributed by atoms with Crippen LogP contribution in [-0.4, -0.2) is 18.0 Å². The van der Waals surface area contributed by atoms with Gasteiger partial charge in [-0.1, -0.05) is 106 Å². The Hall–Kier alpha value is -3.24. The molecule has 2 aromatic heterocycles. The summed E-state index contributed by atoms with van der Waals surface area (Å²) in [6.07, 6.45) is 5.83. The summed E-state index contributed by atoms with van der Waals surface area (Å²) in [7, 11) is -1.49. The molecule has 0 bridgehead atoms. The van der Waals surface area contributed by atoms with Gasteiger partial charge in [-0.3, -0.25) is 4.39 Å². The molecule has 44 heavy (non-hydrogen) atoms. The summed E-state index contributed by atoms with van der Waals surface area (Å²) in [6, 6.07) is 32.5. The molecule has 0 N–H and O–H groups in total. The van der Waals surface area contributed by atoms with Crippen molar-refractivity contribution < 1.29 is 24.5 Å². The molecule has 0 aliphatic carbocycles. The molecule has 1 radical (unpaired) electrons. The van der Waals surface area contributed by atoms with E-state index in [0.29, 0.717) is 16.8 Å². The van der Waals surface area contributed by atoms with Gasteiger partial charge in [0.2, 0.25) is 0 Å². The van der Waals surface area contributed by atoms with E-state index in [-0.39, 0.29) is 31.3 Å². The number of aryl methyl sites for hydroxylation is 2. The smallest absolute Gasteiger partial charge is 0.0798 e. The first-order valence-electron chi connectivity index (χ1n) is 14.9. The standard InChI is InChI=1S/C20H27FNSi.C19H16N.Ir/c1-14-9-8-10-16(19(14)21)17-11-15(12-20(2,3)4)18(13-22-17)23(5,6)7;1-15-14-20-19(17-10-6-3-7-11-17)13-18(15)12-16-8-4-2-5-9-16;/h8-9,11,13H,12H2,1-7H3;2-10,13-14H,12H2,1H3;/q2*-1;. The number of nitrogens with zero attached hydrogens (tertiary/aromatic N) is 2. The zero-order valence-electron chi connectivity index (χ0n) is 27.2. The van der Waals surface area contributed by atoms with E-state index >= 15 is 0 Å². The molecular formula is C39H43FIrN2Si-2. The first kappa shape index (κ1) is 35.2. The van der Waals surface area contributed by atoms with Gasteiger partial charge in [-0.25, -0.2) is 0 Å². The average Bonchev–Trinajstić information content (AvgIpc) is 2.95. The van der Waals surface area contributed by atoms with E-state index in [0.717, 1.165) is 24.1 Å². The predicted octanol–water partition coefficient (Wildman–Crippen LogP) is 9.58. The fourth-order valence-electron chi connectivity index (χ4n) is 5.07. The zero-order valence-corrected chi connectivity index (χ0v) is 30.6. The van der Waals surface area contributed by atoms with Crippen LogP contribution in [0.4, 0.5) is 4.39 Å². The summed E-state index contributed by atoms with van der Waals surface area (Å²) in [6.45, 7) is 17.6. The van der Waals surface area contributed by atoms with Crippen molar-refractivity contribution in [2.75, 3.05) is 0 Å². The predicted molar refractivity (Wildman–Crippen MR) is 182 cm³/mol. The quantitative estimate of drug-likeness (QED) is 0.127. The van der Waals surface area contributed by atoms with Gasteiger partial charge in [-0.15, -0.1) is 54.1 Å². The molecule has 5 rings (SSSR count). The Morgan fingerprint density at radius 2 is 1.41 bits per heavy atom. The van der Waals surface area contributed by atoms with Gasteiger partial charge in [0.05, 0.1) is 8.07 Å². The van der Waals surface area contributed by atoms with Crippen LogP contribution in [0, 0.1) is 37.2 Å². The maximum atomic E-state index is 14.4. The Morgan fingerprint density at radius 1 is 0.750 bits per heavy atom. The molecule has 5 heteroatoms. The van der Waals surface area contributed by atoms with Crippen molar-refractivity contribution in [3.63, 3.8) is 0 Å². The molecule has 0 saturated heterocycles. The van der Waals surface area contributed by atoms with Gasteiger partial charge < -0.3 is 9.97 Å². The van der Waals surface area contributed by atoms with Crippen LogP contribution in [0.15, 0.2) is 91.3 Å². The summed E-state index contributed by atoms with van der Waals surface area (Å²) in [5.74, 6) is -0.220. The van der Waals surface area contributed by atoms with Crippen molar-refractivity contribution in [3.05, 3.63) is 137 Å². The van der Waals surface area contributed by atoms with Crippen LogP contribution >= 0.6 is 0 Å². The van der Waals surface area contributed by atoms with E-state index in [1.807, 2.05) is 42.7 Å². The normalized spacial score (nSPS) is 11.3. The maximum Gasteiger partial charge on any atom is 0.0798 e. The molecule has 0 fully saturated rings. The molecule has 0 aliphatic rings. The average molecular weight is 779 g/mol. The second-order valence-electron chi connectivity index (χ2n) is 13.5. The van der Waals surface area contributed by atoms with E-state index < -0.39 is 8.07 Å². The van der Waals surface area contributed by atoms with E-state index in [1.54, 1.807) is 19.1 Å². The summed E-state index contributed by atoms with van der Waals surface area (Å²) >= 11 is 0. The van der Waals surface area contributed by atoms with Crippen LogP contribution in [-0.2, 0) is 32.9 Å². The van der Waals surface area contributed by atoms with E-state index in [9.17, 15) is 4.39 Å². The van der Waals surface area contributed by atoms with E-state index in [4.69, 9.17) is 0 Å².